The molecule has 1 aromatic heterocycles. The van der Waals surface area contributed by atoms with E-state index in [0.29, 0.717) is 31.8 Å². The van der Waals surface area contributed by atoms with Crippen LogP contribution < -0.4 is 0 Å². The molecule has 1 aliphatic heterocycles. The Balaban J connectivity index is 0.00000169. The second-order valence-corrected chi connectivity index (χ2v) is 6.05. The van der Waals surface area contributed by atoms with E-state index in [1.807, 2.05) is 37.3 Å². The Hall–Kier alpha value is -2.05. The fourth-order valence-corrected chi connectivity index (χ4v) is 2.98. The normalized spacial score (nSPS) is 15.9. The summed E-state index contributed by atoms with van der Waals surface area (Å²) in [5, 5.41) is 9.00. The summed E-state index contributed by atoms with van der Waals surface area (Å²) >= 11 is 0. The third kappa shape index (κ3) is 4.99. The summed E-state index contributed by atoms with van der Waals surface area (Å²) in [4.78, 5) is 29.2. The average molecular weight is 401 g/mol. The first-order valence-corrected chi connectivity index (χ1v) is 8.07. The Kier molecular flexibility index (Phi) is 8.11. The van der Waals surface area contributed by atoms with E-state index in [0.717, 1.165) is 17.0 Å². The highest BCUT2D eigenvalue weighted by Gasteiger charge is 2.30. The Morgan fingerprint density at radius 3 is 2.58 bits per heavy atom. The van der Waals surface area contributed by atoms with Crippen molar-refractivity contribution in [2.24, 2.45) is 5.92 Å². The molecule has 1 aromatic carbocycles. The number of carboxylic acid groups (broad SMARTS) is 1. The zero-order valence-corrected chi connectivity index (χ0v) is 16.0. The molecule has 2 aromatic rings. The molecule has 0 aliphatic carbocycles. The number of nitrogens with zero attached hydrogens (tertiary/aromatic N) is 2. The molecule has 1 fully saturated rings. The summed E-state index contributed by atoms with van der Waals surface area (Å²) in [5.74, 6) is -0.0570. The highest BCUT2D eigenvalue weighted by Crippen LogP contribution is 2.25. The molecule has 2 heterocycles. The molecule has 1 amide bonds. The molecule has 0 radical (unpaired) electrons. The second-order valence-electron chi connectivity index (χ2n) is 6.05. The van der Waals surface area contributed by atoms with Gasteiger partial charge in [0.15, 0.2) is 11.7 Å². The van der Waals surface area contributed by atoms with Crippen LogP contribution in [0.4, 0.5) is 0 Å². The van der Waals surface area contributed by atoms with Gasteiger partial charge in [0.25, 0.3) is 0 Å². The number of oxazole rings is 1. The Bertz CT molecular complexity index is 749. The maximum Gasteiger partial charge on any atom is 0.308 e. The molecule has 0 saturated carbocycles. The van der Waals surface area contributed by atoms with E-state index in [1.165, 1.54) is 0 Å². The minimum Gasteiger partial charge on any atom is -0.481 e. The van der Waals surface area contributed by atoms with E-state index in [2.05, 4.69) is 4.98 Å². The van der Waals surface area contributed by atoms with Gasteiger partial charge in [-0.1, -0.05) is 30.3 Å². The van der Waals surface area contributed by atoms with E-state index in [-0.39, 0.29) is 37.1 Å². The van der Waals surface area contributed by atoms with Gasteiger partial charge >= 0.3 is 5.97 Å². The molecular weight excluding hydrogens is 379 g/mol. The van der Waals surface area contributed by atoms with Crippen LogP contribution in [0.1, 0.15) is 24.4 Å². The van der Waals surface area contributed by atoms with Crippen LogP contribution in [0.25, 0.3) is 11.3 Å². The van der Waals surface area contributed by atoms with Crippen molar-refractivity contribution < 1.29 is 19.1 Å². The summed E-state index contributed by atoms with van der Waals surface area (Å²) in [6, 6.07) is 9.73. The van der Waals surface area contributed by atoms with Gasteiger partial charge in [-0.25, -0.2) is 4.98 Å². The van der Waals surface area contributed by atoms with Crippen molar-refractivity contribution in [2.75, 3.05) is 13.1 Å². The largest absolute Gasteiger partial charge is 0.481 e. The minimum atomic E-state index is -0.832. The van der Waals surface area contributed by atoms with Gasteiger partial charge < -0.3 is 14.4 Å². The van der Waals surface area contributed by atoms with Crippen LogP contribution in [-0.4, -0.2) is 40.0 Å². The van der Waals surface area contributed by atoms with Crippen molar-refractivity contribution in [1.82, 2.24) is 9.88 Å². The van der Waals surface area contributed by atoms with Crippen molar-refractivity contribution >= 4 is 36.7 Å². The van der Waals surface area contributed by atoms with E-state index < -0.39 is 11.9 Å². The van der Waals surface area contributed by atoms with Crippen LogP contribution in [0.15, 0.2) is 34.7 Å². The first-order valence-electron chi connectivity index (χ1n) is 8.07. The second kappa shape index (κ2) is 9.59. The molecule has 0 spiro atoms. The first kappa shape index (κ1) is 22.0. The lowest BCUT2D eigenvalue weighted by atomic mass is 10.1. The van der Waals surface area contributed by atoms with Crippen LogP contribution in [0, 0.1) is 12.8 Å². The van der Waals surface area contributed by atoms with Gasteiger partial charge in [-0.3, -0.25) is 9.59 Å². The molecule has 1 atom stereocenters. The number of carboxylic acids is 1. The number of likely N-dealkylation sites (tertiary alicyclic amines) is 1. The van der Waals surface area contributed by atoms with Crippen molar-refractivity contribution in [3.05, 3.63) is 41.9 Å². The zero-order chi connectivity index (χ0) is 17.1. The molecule has 6 nitrogen and oxygen atoms in total. The number of carbonyl (C=O) groups is 2. The smallest absolute Gasteiger partial charge is 0.308 e. The van der Waals surface area contributed by atoms with E-state index in [4.69, 9.17) is 9.52 Å². The van der Waals surface area contributed by atoms with Crippen LogP contribution in [0.5, 0.6) is 0 Å². The van der Waals surface area contributed by atoms with E-state index in [1.54, 1.807) is 4.90 Å². The summed E-state index contributed by atoms with van der Waals surface area (Å²) in [6.45, 7) is 2.69. The van der Waals surface area contributed by atoms with Crippen LogP contribution in [-0.2, 0) is 16.0 Å². The number of amides is 1. The minimum absolute atomic E-state index is 0. The van der Waals surface area contributed by atoms with Gasteiger partial charge in [-0.15, -0.1) is 24.8 Å². The number of aliphatic carboxylic acids is 1. The number of hydrogen-bond acceptors (Lipinski definition) is 4. The molecule has 1 aliphatic rings. The van der Waals surface area contributed by atoms with Crippen molar-refractivity contribution in [2.45, 2.75) is 26.2 Å². The van der Waals surface area contributed by atoms with Gasteiger partial charge in [-0.2, -0.15) is 0 Å². The SMILES string of the molecule is Cc1nc(CCC(=O)N2CCC(C(=O)O)C2)oc1-c1ccccc1.Cl.Cl. The number of rotatable bonds is 5. The number of halogens is 2. The molecule has 1 saturated heterocycles. The van der Waals surface area contributed by atoms with Crippen LogP contribution >= 0.6 is 24.8 Å². The zero-order valence-electron chi connectivity index (χ0n) is 14.4. The summed E-state index contributed by atoms with van der Waals surface area (Å²) in [7, 11) is 0. The molecule has 1 N–H and O–H groups in total. The van der Waals surface area contributed by atoms with Crippen molar-refractivity contribution in [3.8, 4) is 11.3 Å². The lowest BCUT2D eigenvalue weighted by Gasteiger charge is -2.14. The Morgan fingerprint density at radius 2 is 1.96 bits per heavy atom. The molecular formula is C18H22Cl2N2O4. The Morgan fingerprint density at radius 1 is 1.27 bits per heavy atom. The van der Waals surface area contributed by atoms with Crippen molar-refractivity contribution in [1.29, 1.82) is 0 Å². The fraction of sp³-hybridized carbons (Fsp3) is 0.389. The monoisotopic (exact) mass is 400 g/mol. The third-order valence-electron chi connectivity index (χ3n) is 4.32. The maximum atomic E-state index is 12.2. The van der Waals surface area contributed by atoms with Crippen LogP contribution in [0.3, 0.4) is 0 Å². The summed E-state index contributed by atoms with van der Waals surface area (Å²) < 4.78 is 5.80. The number of benzene rings is 1. The Labute approximate surface area is 164 Å². The first-order chi connectivity index (χ1) is 11.5. The highest BCUT2D eigenvalue weighted by molar-refractivity contribution is 5.85. The lowest BCUT2D eigenvalue weighted by Crippen LogP contribution is -2.30. The number of aromatic nitrogens is 1. The van der Waals surface area contributed by atoms with Gasteiger partial charge in [0.2, 0.25) is 5.91 Å². The predicted octanol–water partition coefficient (Wildman–Crippen LogP) is 3.36. The van der Waals surface area contributed by atoms with Gasteiger partial charge in [0.05, 0.1) is 11.6 Å². The molecule has 0 bridgehead atoms. The number of aryl methyl sites for hydroxylation is 2. The third-order valence-corrected chi connectivity index (χ3v) is 4.32. The summed E-state index contributed by atoms with van der Waals surface area (Å²) in [5.41, 5.74) is 1.76. The molecule has 26 heavy (non-hydrogen) atoms. The van der Waals surface area contributed by atoms with Gasteiger partial charge in [-0.05, 0) is 13.3 Å². The molecule has 1 unspecified atom stereocenters. The topological polar surface area (TPSA) is 83.6 Å². The lowest BCUT2D eigenvalue weighted by molar-refractivity contribution is -0.141. The summed E-state index contributed by atoms with van der Waals surface area (Å²) in [6.07, 6.45) is 1.22. The quantitative estimate of drug-likeness (QED) is 0.831. The van der Waals surface area contributed by atoms with Crippen LogP contribution in [0.2, 0.25) is 0 Å². The fourth-order valence-electron chi connectivity index (χ4n) is 2.98. The van der Waals surface area contributed by atoms with Crippen molar-refractivity contribution in [3.63, 3.8) is 0 Å². The van der Waals surface area contributed by atoms with Gasteiger partial charge in [0.1, 0.15) is 0 Å². The number of carbonyl (C=O) groups excluding carboxylic acids is 1. The highest BCUT2D eigenvalue weighted by atomic mass is 35.5. The molecule has 3 rings (SSSR count). The molecule has 8 heteroatoms. The van der Waals surface area contributed by atoms with Gasteiger partial charge in [0, 0.05) is 31.5 Å². The maximum absolute atomic E-state index is 12.2. The van der Waals surface area contributed by atoms with E-state index >= 15 is 0 Å². The predicted molar refractivity (Wildman–Crippen MR) is 102 cm³/mol. The number of hydrogen-bond donors (Lipinski definition) is 1. The standard InChI is InChI=1S/C18H20N2O4.2ClH/c1-12-17(13-5-3-2-4-6-13)24-15(19-12)7-8-16(21)20-10-9-14(11-20)18(22)23;;/h2-6,14H,7-11H2,1H3,(H,22,23);2*1H. The molecule has 142 valence electrons. The average Bonchev–Trinajstić information content (AvgIpc) is 3.20. The van der Waals surface area contributed by atoms with E-state index in [9.17, 15) is 9.59 Å².